The number of hydrogen-bond acceptors (Lipinski definition) is 3. The summed E-state index contributed by atoms with van der Waals surface area (Å²) in [5, 5.41) is 0. The smallest absolute Gasteiger partial charge is 0.398 e. The molecule has 1 fully saturated rings. The highest BCUT2D eigenvalue weighted by Gasteiger charge is 2.45. The van der Waals surface area contributed by atoms with Crippen LogP contribution in [0.4, 0.5) is 18.9 Å². The van der Waals surface area contributed by atoms with Crippen molar-refractivity contribution in [1.29, 1.82) is 0 Å². The van der Waals surface area contributed by atoms with Crippen molar-refractivity contribution in [3.8, 4) is 0 Å². The third-order valence-electron chi connectivity index (χ3n) is 3.56. The van der Waals surface area contributed by atoms with Gasteiger partial charge >= 0.3 is 6.18 Å². The number of nitrogen functional groups attached to an aromatic ring is 1. The average molecular weight is 322 g/mol. The molecule has 0 atom stereocenters. The van der Waals surface area contributed by atoms with Crippen molar-refractivity contribution in [3.05, 3.63) is 23.3 Å². The van der Waals surface area contributed by atoms with Gasteiger partial charge in [0.2, 0.25) is 10.0 Å². The van der Waals surface area contributed by atoms with Crippen LogP contribution in [0.25, 0.3) is 0 Å². The van der Waals surface area contributed by atoms with Crippen LogP contribution in [-0.4, -0.2) is 31.5 Å². The summed E-state index contributed by atoms with van der Waals surface area (Å²) in [5.41, 5.74) is 6.75. The largest absolute Gasteiger partial charge is 0.402 e. The molecule has 0 unspecified atom stereocenters. The second-order valence-corrected chi connectivity index (χ2v) is 7.15. The van der Waals surface area contributed by atoms with Gasteiger partial charge in [-0.3, -0.25) is 0 Å². The van der Waals surface area contributed by atoms with Gasteiger partial charge in [-0.05, 0) is 43.9 Å². The Kier molecular flexibility index (Phi) is 3.96. The van der Waals surface area contributed by atoms with E-state index in [0.29, 0.717) is 28.3 Å². The first-order valence-corrected chi connectivity index (χ1v) is 7.92. The van der Waals surface area contributed by atoms with Crippen LogP contribution in [-0.2, 0) is 10.0 Å². The monoisotopic (exact) mass is 322 g/mol. The first kappa shape index (κ1) is 16.1. The van der Waals surface area contributed by atoms with E-state index in [1.54, 1.807) is 19.9 Å². The van der Waals surface area contributed by atoms with Gasteiger partial charge in [0.25, 0.3) is 0 Å². The van der Waals surface area contributed by atoms with Gasteiger partial charge in [0, 0.05) is 6.04 Å². The van der Waals surface area contributed by atoms with Gasteiger partial charge in [-0.25, -0.2) is 8.42 Å². The predicted octanol–water partition coefficient (Wildman–Crippen LogP) is 2.60. The zero-order valence-electron chi connectivity index (χ0n) is 11.7. The van der Waals surface area contributed by atoms with Crippen molar-refractivity contribution >= 4 is 15.7 Å². The minimum atomic E-state index is -4.58. The number of nitrogens with zero attached hydrogens (tertiary/aromatic N) is 1. The van der Waals surface area contributed by atoms with Crippen LogP contribution in [0.5, 0.6) is 0 Å². The summed E-state index contributed by atoms with van der Waals surface area (Å²) in [7, 11) is -4.27. The molecule has 0 amide bonds. The van der Waals surface area contributed by atoms with E-state index in [2.05, 4.69) is 0 Å². The number of alkyl halides is 3. The second-order valence-electron chi connectivity index (χ2n) is 5.32. The van der Waals surface area contributed by atoms with Gasteiger partial charge in [-0.2, -0.15) is 17.5 Å². The fraction of sp³-hybridized carbons (Fsp3) is 0.538. The van der Waals surface area contributed by atoms with Gasteiger partial charge in [0.15, 0.2) is 0 Å². The van der Waals surface area contributed by atoms with E-state index in [-0.39, 0.29) is 10.6 Å². The maximum absolute atomic E-state index is 12.7. The van der Waals surface area contributed by atoms with Crippen LogP contribution in [0.3, 0.4) is 0 Å². The van der Waals surface area contributed by atoms with Crippen molar-refractivity contribution in [3.63, 3.8) is 0 Å². The zero-order chi connectivity index (χ0) is 16.0. The van der Waals surface area contributed by atoms with Crippen LogP contribution in [0.1, 0.15) is 24.0 Å². The number of anilines is 1. The molecule has 2 N–H and O–H groups in total. The summed E-state index contributed by atoms with van der Waals surface area (Å²) in [6.45, 7) is 1.77. The van der Waals surface area contributed by atoms with Crippen LogP contribution < -0.4 is 5.73 Å². The lowest BCUT2D eigenvalue weighted by atomic mass is 10.1. The number of hydrogen-bond donors (Lipinski definition) is 1. The molecule has 118 valence electrons. The normalized spacial score (nSPS) is 16.5. The summed E-state index contributed by atoms with van der Waals surface area (Å²) < 4.78 is 63.8. The lowest BCUT2D eigenvalue weighted by Crippen LogP contribution is -2.41. The molecular weight excluding hydrogens is 305 g/mol. The quantitative estimate of drug-likeness (QED) is 0.867. The van der Waals surface area contributed by atoms with E-state index < -0.39 is 28.8 Å². The number of benzene rings is 1. The second kappa shape index (κ2) is 5.17. The van der Waals surface area contributed by atoms with Gasteiger partial charge in [0.1, 0.15) is 11.4 Å². The molecule has 0 bridgehead atoms. The first-order chi connectivity index (χ1) is 9.54. The fourth-order valence-corrected chi connectivity index (χ4v) is 4.29. The Balaban J connectivity index is 2.52. The van der Waals surface area contributed by atoms with Gasteiger partial charge in [0.05, 0.1) is 5.69 Å². The highest BCUT2D eigenvalue weighted by atomic mass is 32.2. The van der Waals surface area contributed by atoms with Crippen LogP contribution in [0, 0.1) is 13.8 Å². The SMILES string of the molecule is Cc1ccc(N)c(S(=O)(=O)N(CC(F)(F)F)C2CC2)c1C. The fourth-order valence-electron chi connectivity index (χ4n) is 2.22. The van der Waals surface area contributed by atoms with Crippen molar-refractivity contribution in [1.82, 2.24) is 4.31 Å². The zero-order valence-corrected chi connectivity index (χ0v) is 12.6. The number of halogens is 3. The molecule has 0 spiro atoms. The third-order valence-corrected chi connectivity index (χ3v) is 5.67. The lowest BCUT2D eigenvalue weighted by molar-refractivity contribution is -0.137. The average Bonchev–Trinajstić information content (AvgIpc) is 3.14. The molecule has 0 aromatic heterocycles. The van der Waals surface area contributed by atoms with E-state index in [0.717, 1.165) is 0 Å². The van der Waals surface area contributed by atoms with Crippen molar-refractivity contribution in [2.24, 2.45) is 0 Å². The first-order valence-electron chi connectivity index (χ1n) is 6.48. The summed E-state index contributed by atoms with van der Waals surface area (Å²) in [6.07, 6.45) is -3.69. The standard InChI is InChI=1S/C13H17F3N2O2S/c1-8-3-6-11(17)12(9(8)2)21(19,20)18(10-4-5-10)7-13(14,15)16/h3,6,10H,4-5,7,17H2,1-2H3. The molecule has 0 heterocycles. The third kappa shape index (κ3) is 3.32. The Hall–Kier alpha value is -1.28. The minimum Gasteiger partial charge on any atom is -0.398 e. The van der Waals surface area contributed by atoms with Gasteiger partial charge in [-0.1, -0.05) is 6.07 Å². The molecule has 0 saturated heterocycles. The Labute approximate surface area is 121 Å². The highest BCUT2D eigenvalue weighted by Crippen LogP contribution is 2.37. The molecule has 8 heteroatoms. The topological polar surface area (TPSA) is 63.4 Å². The summed E-state index contributed by atoms with van der Waals surface area (Å²) in [6, 6.07) is 2.47. The lowest BCUT2D eigenvalue weighted by Gasteiger charge is -2.25. The molecule has 0 radical (unpaired) electrons. The Morgan fingerprint density at radius 2 is 1.86 bits per heavy atom. The van der Waals surface area contributed by atoms with E-state index >= 15 is 0 Å². The molecule has 1 aromatic rings. The molecule has 2 rings (SSSR count). The summed E-state index contributed by atoms with van der Waals surface area (Å²) >= 11 is 0. The molecule has 1 saturated carbocycles. The molecule has 0 aliphatic heterocycles. The molecule has 1 aliphatic rings. The molecule has 21 heavy (non-hydrogen) atoms. The van der Waals surface area contributed by atoms with Crippen LogP contribution in [0.2, 0.25) is 0 Å². The Morgan fingerprint density at radius 1 is 1.29 bits per heavy atom. The maximum atomic E-state index is 12.7. The molecule has 1 aromatic carbocycles. The van der Waals surface area contributed by atoms with E-state index in [9.17, 15) is 21.6 Å². The number of rotatable bonds is 4. The van der Waals surface area contributed by atoms with E-state index in [1.807, 2.05) is 0 Å². The van der Waals surface area contributed by atoms with Crippen LogP contribution >= 0.6 is 0 Å². The predicted molar refractivity (Wildman–Crippen MR) is 73.3 cm³/mol. The van der Waals surface area contributed by atoms with Gasteiger partial charge < -0.3 is 5.73 Å². The molecule has 4 nitrogen and oxygen atoms in total. The number of aryl methyl sites for hydroxylation is 1. The minimum absolute atomic E-state index is 0.0223. The summed E-state index contributed by atoms with van der Waals surface area (Å²) in [5.74, 6) is 0. The summed E-state index contributed by atoms with van der Waals surface area (Å²) in [4.78, 5) is -0.210. The van der Waals surface area contributed by atoms with Gasteiger partial charge in [-0.15, -0.1) is 0 Å². The molecule has 1 aliphatic carbocycles. The van der Waals surface area contributed by atoms with Crippen LogP contribution in [0.15, 0.2) is 17.0 Å². The van der Waals surface area contributed by atoms with Crippen molar-refractivity contribution in [2.75, 3.05) is 12.3 Å². The highest BCUT2D eigenvalue weighted by molar-refractivity contribution is 7.89. The van der Waals surface area contributed by atoms with Crippen molar-refractivity contribution < 1.29 is 21.6 Å². The number of nitrogens with two attached hydrogens (primary N) is 1. The van der Waals surface area contributed by atoms with Crippen molar-refractivity contribution in [2.45, 2.75) is 43.8 Å². The molecular formula is C13H17F3N2O2S. The van der Waals surface area contributed by atoms with E-state index in [4.69, 9.17) is 5.73 Å². The number of sulfonamides is 1. The van der Waals surface area contributed by atoms with E-state index in [1.165, 1.54) is 6.07 Å². The Morgan fingerprint density at radius 3 is 2.33 bits per heavy atom. The maximum Gasteiger partial charge on any atom is 0.402 e. The Bertz CT molecular complexity index is 652.